The van der Waals surface area contributed by atoms with Crippen molar-refractivity contribution in [1.29, 1.82) is 0 Å². The first-order valence-electron chi connectivity index (χ1n) is 19.6. The van der Waals surface area contributed by atoms with Gasteiger partial charge in [-0.2, -0.15) is 0 Å². The third-order valence-electron chi connectivity index (χ3n) is 9.80. The van der Waals surface area contributed by atoms with Crippen LogP contribution in [0.5, 0.6) is 0 Å². The number of carbonyl (C=O) groups excluding carboxylic acids is 5. The van der Waals surface area contributed by atoms with E-state index < -0.39 is 57.8 Å². The van der Waals surface area contributed by atoms with Crippen molar-refractivity contribution >= 4 is 81.9 Å². The summed E-state index contributed by atoms with van der Waals surface area (Å²) in [6.45, 7) is 9.56. The fourth-order valence-electron chi connectivity index (χ4n) is 6.38. The molecule has 2 aliphatic heterocycles. The quantitative estimate of drug-likeness (QED) is 0.149. The molecule has 3 aliphatic rings. The number of esters is 2. The summed E-state index contributed by atoms with van der Waals surface area (Å²) in [4.78, 5) is 67.0. The number of benzene rings is 1. The van der Waals surface area contributed by atoms with Crippen LogP contribution in [0.3, 0.4) is 0 Å². The Balaban J connectivity index is 0.000000935. The second kappa shape index (κ2) is 23.4. The van der Waals surface area contributed by atoms with Gasteiger partial charge < -0.3 is 34.7 Å². The number of halogens is 3. The molecular formula is C41H58Cl3N5O10. The molecule has 15 nitrogen and oxygen atoms in total. The number of rotatable bonds is 11. The van der Waals surface area contributed by atoms with Gasteiger partial charge in [0.15, 0.2) is 6.10 Å². The largest absolute Gasteiger partial charge is 0.460 e. The number of hydrogen-bond acceptors (Lipinski definition) is 12. The summed E-state index contributed by atoms with van der Waals surface area (Å²) in [6, 6.07) is 8.07. The van der Waals surface area contributed by atoms with Gasteiger partial charge in [-0.25, -0.2) is 5.43 Å². The van der Waals surface area contributed by atoms with E-state index in [2.05, 4.69) is 16.5 Å². The zero-order valence-electron chi connectivity index (χ0n) is 34.6. The number of nitrogens with zero attached hydrogens (tertiary/aromatic N) is 2. The fourth-order valence-corrected chi connectivity index (χ4v) is 6.54. The molecule has 18 heteroatoms. The van der Waals surface area contributed by atoms with Crippen LogP contribution in [0.2, 0.25) is 0 Å². The monoisotopic (exact) mass is 885 g/mol. The first-order chi connectivity index (χ1) is 27.8. The van der Waals surface area contributed by atoms with Crippen molar-refractivity contribution in [3.63, 3.8) is 0 Å². The lowest BCUT2D eigenvalue weighted by molar-refractivity contribution is -0.193. The third-order valence-corrected chi connectivity index (χ3v) is 10.1. The molecule has 1 aromatic carbocycles. The van der Waals surface area contributed by atoms with Gasteiger partial charge in [-0.1, -0.05) is 84.9 Å². The summed E-state index contributed by atoms with van der Waals surface area (Å²) in [6.07, 6.45) is 7.54. The summed E-state index contributed by atoms with van der Waals surface area (Å²) in [5.41, 5.74) is 8.42. The van der Waals surface area contributed by atoms with Crippen LogP contribution in [-0.2, 0) is 54.1 Å². The number of methoxy groups -OCH3 is 1. The first-order valence-corrected chi connectivity index (χ1v) is 20.8. The minimum atomic E-state index is -1.77. The minimum Gasteiger partial charge on any atom is -0.460 e. The number of primary amides is 1. The molecule has 0 bridgehead atoms. The van der Waals surface area contributed by atoms with E-state index in [4.69, 9.17) is 68.3 Å². The van der Waals surface area contributed by atoms with Gasteiger partial charge in [0, 0.05) is 30.7 Å². The first kappa shape index (κ1) is 49.8. The van der Waals surface area contributed by atoms with Gasteiger partial charge in [-0.15, -0.1) is 0 Å². The maximum atomic E-state index is 14.0. The van der Waals surface area contributed by atoms with E-state index in [1.807, 2.05) is 64.1 Å². The topological polar surface area (TPSA) is 198 Å². The molecular weight excluding hydrogens is 829 g/mol. The Morgan fingerprint density at radius 3 is 2.29 bits per heavy atom. The molecule has 3 amide bonds. The molecule has 1 saturated carbocycles. The highest BCUT2D eigenvalue weighted by molar-refractivity contribution is 6.67. The molecule has 3 unspecified atom stereocenters. The van der Waals surface area contributed by atoms with Crippen LogP contribution in [0.15, 0.2) is 36.4 Å². The molecule has 2 saturated heterocycles. The number of fused-ring (bicyclic) bond motifs is 1. The Bertz CT molecular complexity index is 1740. The molecule has 59 heavy (non-hydrogen) atoms. The number of nitrogens with one attached hydrogen (secondary N) is 2. The molecule has 2 aromatic rings. The van der Waals surface area contributed by atoms with Gasteiger partial charge >= 0.3 is 11.9 Å². The maximum Gasteiger partial charge on any atom is 0.325 e. The van der Waals surface area contributed by atoms with Crippen LogP contribution in [-0.4, -0.2) is 108 Å². The second-order valence-electron chi connectivity index (χ2n) is 15.5. The summed E-state index contributed by atoms with van der Waals surface area (Å²) in [7, 11) is 1.71. The van der Waals surface area contributed by atoms with E-state index >= 15 is 0 Å². The van der Waals surface area contributed by atoms with E-state index in [1.54, 1.807) is 13.2 Å². The average Bonchev–Trinajstić information content (AvgIpc) is 3.75. The zero-order chi connectivity index (χ0) is 43.8. The number of aryl methyl sites for hydroxylation is 1. The summed E-state index contributed by atoms with van der Waals surface area (Å²) in [5, 5.41) is 5.02. The average molecular weight is 887 g/mol. The standard InChI is InChI=1S/C35H43Cl3N4O8.C5H12O.CH3NO/c1-3-26-13-12-24-11-10-23(17-28(24)40-26)14-15-34(18-47-21-48-19-34)33(46)50-29(25-7-4-5-8-25)30(43)39-22(2)31(44)42-16-6-9-27(41-42)32(45)49-20-35(36,37)38;1-5(2,3)6-4;2-1-3/h10-15,17,22,25,27,29,41H,3-9,16,18-21H2,1-2H3,(H,39,43);1-4H3;1H,(H2,2,3)/b15-14+;;. The van der Waals surface area contributed by atoms with Crippen molar-refractivity contribution < 1.29 is 47.7 Å². The lowest BCUT2D eigenvalue weighted by Gasteiger charge is -2.35. The molecule has 5 rings (SSSR count). The van der Waals surface area contributed by atoms with Crippen molar-refractivity contribution in [3.05, 3.63) is 47.7 Å². The zero-order valence-corrected chi connectivity index (χ0v) is 36.9. The molecule has 3 heterocycles. The van der Waals surface area contributed by atoms with Crippen LogP contribution in [0.25, 0.3) is 17.0 Å². The molecule has 4 N–H and O–H groups in total. The number of pyridine rings is 1. The van der Waals surface area contributed by atoms with Gasteiger partial charge in [0.1, 0.15) is 30.9 Å². The molecule has 1 aliphatic carbocycles. The number of ether oxygens (including phenoxy) is 5. The van der Waals surface area contributed by atoms with Crippen LogP contribution in [0.4, 0.5) is 0 Å². The van der Waals surface area contributed by atoms with Crippen molar-refractivity contribution in [2.24, 2.45) is 17.1 Å². The third kappa shape index (κ3) is 16.1. The molecule has 0 radical (unpaired) electrons. The van der Waals surface area contributed by atoms with Crippen LogP contribution < -0.4 is 16.5 Å². The number of aromatic nitrogens is 1. The molecule has 1 aromatic heterocycles. The van der Waals surface area contributed by atoms with E-state index in [1.165, 1.54) is 11.9 Å². The predicted octanol–water partition coefficient (Wildman–Crippen LogP) is 5.35. The maximum absolute atomic E-state index is 14.0. The number of hydrazine groups is 1. The number of nitrogens with two attached hydrogens (primary N) is 1. The highest BCUT2D eigenvalue weighted by Crippen LogP contribution is 2.34. The molecule has 0 spiro atoms. The van der Waals surface area contributed by atoms with Crippen molar-refractivity contribution in [1.82, 2.24) is 20.7 Å². The second-order valence-corrected chi connectivity index (χ2v) is 18.0. The number of alkyl halides is 3. The van der Waals surface area contributed by atoms with E-state index in [0.717, 1.165) is 41.4 Å². The van der Waals surface area contributed by atoms with Crippen molar-refractivity contribution in [2.75, 3.05) is 40.3 Å². The lowest BCUT2D eigenvalue weighted by atomic mass is 9.87. The normalized spacial score (nSPS) is 19.3. The molecule has 3 fully saturated rings. The highest BCUT2D eigenvalue weighted by atomic mass is 35.6. The summed E-state index contributed by atoms with van der Waals surface area (Å²) >= 11 is 17.1. The molecule has 3 atom stereocenters. The summed E-state index contributed by atoms with van der Waals surface area (Å²) < 4.78 is 25.5. The van der Waals surface area contributed by atoms with Gasteiger partial charge in [0.05, 0.1) is 24.3 Å². The number of carbonyl (C=O) groups is 5. The Kier molecular flexibility index (Phi) is 19.8. The lowest BCUT2D eigenvalue weighted by Crippen LogP contribution is -2.60. The van der Waals surface area contributed by atoms with Crippen LogP contribution >= 0.6 is 34.8 Å². The van der Waals surface area contributed by atoms with Crippen molar-refractivity contribution in [2.45, 2.75) is 107 Å². The van der Waals surface area contributed by atoms with Crippen LogP contribution in [0, 0.1) is 11.3 Å². The predicted molar refractivity (Wildman–Crippen MR) is 225 cm³/mol. The number of hydrogen-bond donors (Lipinski definition) is 3. The fraction of sp³-hybridized carbons (Fsp3) is 0.610. The van der Waals surface area contributed by atoms with Gasteiger partial charge in [0.2, 0.25) is 10.2 Å². The van der Waals surface area contributed by atoms with Crippen molar-refractivity contribution in [3.8, 4) is 0 Å². The van der Waals surface area contributed by atoms with Crippen LogP contribution in [0.1, 0.15) is 84.4 Å². The Morgan fingerprint density at radius 2 is 1.69 bits per heavy atom. The SMILES string of the molecule is CCc1ccc2ccc(/C=C/C3(C(=O)OC(C(=O)NC(C)C(=O)N4CCCC(C(=O)OCC(Cl)(Cl)Cl)N4)C4CCCC4)COCOC3)cc2n1.COC(C)(C)C.NC=O. The minimum absolute atomic E-state index is 0.00787. The van der Waals surface area contributed by atoms with Gasteiger partial charge in [-0.3, -0.25) is 34.0 Å². The number of amides is 3. The molecule has 328 valence electrons. The summed E-state index contributed by atoms with van der Waals surface area (Å²) in [5.74, 6) is -2.60. The van der Waals surface area contributed by atoms with E-state index in [9.17, 15) is 19.2 Å². The van der Waals surface area contributed by atoms with E-state index in [0.29, 0.717) is 32.2 Å². The van der Waals surface area contributed by atoms with E-state index in [-0.39, 0.29) is 37.9 Å². The highest BCUT2D eigenvalue weighted by Gasteiger charge is 2.45. The van der Waals surface area contributed by atoms with Gasteiger partial charge in [0.25, 0.3) is 11.8 Å². The Hall–Kier alpha value is -3.57. The Labute approximate surface area is 361 Å². The van der Waals surface area contributed by atoms with Gasteiger partial charge in [-0.05, 0) is 77.5 Å². The Morgan fingerprint density at radius 1 is 1.07 bits per heavy atom. The smallest absolute Gasteiger partial charge is 0.325 e.